The fourth-order valence-corrected chi connectivity index (χ4v) is 1.48. The highest BCUT2D eigenvalue weighted by molar-refractivity contribution is 5.74. The second-order valence-electron chi connectivity index (χ2n) is 4.41. The van der Waals surface area contributed by atoms with Crippen LogP contribution >= 0.6 is 0 Å². The summed E-state index contributed by atoms with van der Waals surface area (Å²) in [6.45, 7) is 3.02. The molecule has 0 aromatic heterocycles. The van der Waals surface area contributed by atoms with Gasteiger partial charge in [0, 0.05) is 19.5 Å². The maximum atomic E-state index is 11.7. The summed E-state index contributed by atoms with van der Waals surface area (Å²) in [5, 5.41) is 2.99. The van der Waals surface area contributed by atoms with E-state index in [1.54, 1.807) is 6.92 Å². The lowest BCUT2D eigenvalue weighted by molar-refractivity contribution is -0.149. The van der Waals surface area contributed by atoms with Crippen LogP contribution in [-0.4, -0.2) is 25.0 Å². The van der Waals surface area contributed by atoms with Gasteiger partial charge in [0.05, 0.1) is 5.92 Å². The maximum absolute atomic E-state index is 11.7. The van der Waals surface area contributed by atoms with Crippen LogP contribution in [0.15, 0.2) is 30.3 Å². The number of carbonyl (C=O) groups excluding carboxylic acids is 2. The smallest absolute Gasteiger partial charge is 0.310 e. The summed E-state index contributed by atoms with van der Waals surface area (Å²) in [6, 6.07) is 9.53. The molecule has 1 aromatic rings. The lowest BCUT2D eigenvalue weighted by atomic mass is 10.2. The van der Waals surface area contributed by atoms with Crippen LogP contribution in [0.3, 0.4) is 0 Å². The van der Waals surface area contributed by atoms with Crippen molar-refractivity contribution in [3.8, 4) is 0 Å². The monoisotopic (exact) mass is 264 g/mol. The van der Waals surface area contributed by atoms with Gasteiger partial charge in [0.15, 0.2) is 0 Å². The van der Waals surface area contributed by atoms with Gasteiger partial charge in [0.2, 0.25) is 5.91 Å². The minimum Gasteiger partial charge on any atom is -0.461 e. The van der Waals surface area contributed by atoms with E-state index < -0.39 is 0 Å². The molecule has 0 bridgehead atoms. The number of carbonyl (C=O) groups is 2. The molecule has 5 heteroatoms. The largest absolute Gasteiger partial charge is 0.461 e. The molecule has 0 heterocycles. The molecule has 0 aliphatic rings. The molecule has 104 valence electrons. The third-order valence-corrected chi connectivity index (χ3v) is 2.62. The molecule has 19 heavy (non-hydrogen) atoms. The lowest BCUT2D eigenvalue weighted by Gasteiger charge is -2.12. The van der Waals surface area contributed by atoms with Gasteiger partial charge in [-0.25, -0.2) is 0 Å². The Hall–Kier alpha value is -1.88. The van der Waals surface area contributed by atoms with Crippen LogP contribution in [0.2, 0.25) is 0 Å². The molecule has 0 saturated heterocycles. The highest BCUT2D eigenvalue weighted by atomic mass is 16.5. The quantitative estimate of drug-likeness (QED) is 0.538. The maximum Gasteiger partial charge on any atom is 0.310 e. The van der Waals surface area contributed by atoms with Crippen LogP contribution in [0, 0.1) is 5.92 Å². The fourth-order valence-electron chi connectivity index (χ4n) is 1.48. The van der Waals surface area contributed by atoms with Gasteiger partial charge >= 0.3 is 5.97 Å². The van der Waals surface area contributed by atoms with Crippen LogP contribution in [0.5, 0.6) is 0 Å². The Morgan fingerprint density at radius 1 is 1.32 bits per heavy atom. The van der Waals surface area contributed by atoms with E-state index in [1.807, 2.05) is 30.3 Å². The second kappa shape index (κ2) is 8.26. The van der Waals surface area contributed by atoms with E-state index in [-0.39, 0.29) is 30.8 Å². The summed E-state index contributed by atoms with van der Waals surface area (Å²) in [7, 11) is 0. The SMILES string of the molecule is CC(CNCCC(N)=O)C(=O)OCc1ccccc1. The number of nitrogens with one attached hydrogen (secondary N) is 1. The van der Waals surface area contributed by atoms with E-state index in [0.29, 0.717) is 13.1 Å². The Labute approximate surface area is 113 Å². The van der Waals surface area contributed by atoms with E-state index >= 15 is 0 Å². The zero-order valence-corrected chi connectivity index (χ0v) is 11.1. The third kappa shape index (κ3) is 6.57. The Bertz CT molecular complexity index is 406. The minimum absolute atomic E-state index is 0.253. The number of rotatable bonds is 8. The van der Waals surface area contributed by atoms with Crippen LogP contribution in [0.1, 0.15) is 18.9 Å². The first-order chi connectivity index (χ1) is 9.09. The van der Waals surface area contributed by atoms with Gasteiger partial charge in [-0.05, 0) is 5.56 Å². The molecule has 0 fully saturated rings. The van der Waals surface area contributed by atoms with Crippen LogP contribution in [0.4, 0.5) is 0 Å². The number of esters is 1. The summed E-state index contributed by atoms with van der Waals surface area (Å²) >= 11 is 0. The standard InChI is InChI=1S/C14H20N2O3/c1-11(9-16-8-7-13(15)17)14(18)19-10-12-5-3-2-4-6-12/h2-6,11,16H,7-10H2,1H3,(H2,15,17). The van der Waals surface area contributed by atoms with E-state index in [0.717, 1.165) is 5.56 Å². The van der Waals surface area contributed by atoms with E-state index in [9.17, 15) is 9.59 Å². The zero-order chi connectivity index (χ0) is 14.1. The highest BCUT2D eigenvalue weighted by Gasteiger charge is 2.13. The molecule has 3 N–H and O–H groups in total. The molecule has 0 saturated carbocycles. The molecule has 1 atom stereocenters. The number of amides is 1. The van der Waals surface area contributed by atoms with Gasteiger partial charge in [-0.15, -0.1) is 0 Å². The first-order valence-electron chi connectivity index (χ1n) is 6.29. The normalized spacial score (nSPS) is 11.8. The van der Waals surface area contributed by atoms with Gasteiger partial charge < -0.3 is 15.8 Å². The average Bonchev–Trinajstić information content (AvgIpc) is 2.41. The average molecular weight is 264 g/mol. The summed E-state index contributed by atoms with van der Waals surface area (Å²) in [5.74, 6) is -0.862. The van der Waals surface area contributed by atoms with Crippen molar-refractivity contribution < 1.29 is 14.3 Å². The van der Waals surface area contributed by atoms with Gasteiger partial charge in [-0.2, -0.15) is 0 Å². The Morgan fingerprint density at radius 3 is 2.63 bits per heavy atom. The molecule has 1 aromatic carbocycles. The molecule has 1 rings (SSSR count). The molecule has 1 amide bonds. The van der Waals surface area contributed by atoms with Gasteiger partial charge in [0.25, 0.3) is 0 Å². The summed E-state index contributed by atoms with van der Waals surface area (Å²) in [6.07, 6.45) is 0.270. The van der Waals surface area contributed by atoms with Crippen LogP contribution in [0.25, 0.3) is 0 Å². The predicted molar refractivity (Wildman–Crippen MR) is 72.1 cm³/mol. The van der Waals surface area contributed by atoms with Crippen molar-refractivity contribution in [3.05, 3.63) is 35.9 Å². The van der Waals surface area contributed by atoms with Gasteiger partial charge in [0.1, 0.15) is 6.61 Å². The predicted octanol–water partition coefficient (Wildman–Crippen LogP) is 0.831. The van der Waals surface area contributed by atoms with Crippen molar-refractivity contribution in [2.45, 2.75) is 20.0 Å². The number of primary amides is 1. The third-order valence-electron chi connectivity index (χ3n) is 2.62. The number of benzene rings is 1. The zero-order valence-electron chi connectivity index (χ0n) is 11.1. The molecule has 0 radical (unpaired) electrons. The van der Waals surface area contributed by atoms with Crippen molar-refractivity contribution in [2.24, 2.45) is 11.7 Å². The molecule has 5 nitrogen and oxygen atoms in total. The van der Waals surface area contributed by atoms with E-state index in [4.69, 9.17) is 10.5 Å². The fraction of sp³-hybridized carbons (Fsp3) is 0.429. The summed E-state index contributed by atoms with van der Waals surface area (Å²) in [5.41, 5.74) is 5.97. The van der Waals surface area contributed by atoms with Crippen molar-refractivity contribution in [3.63, 3.8) is 0 Å². The second-order valence-corrected chi connectivity index (χ2v) is 4.41. The van der Waals surface area contributed by atoms with E-state index in [2.05, 4.69) is 5.32 Å². The molecule has 0 aliphatic carbocycles. The number of ether oxygens (including phenoxy) is 1. The Balaban J connectivity index is 2.20. The number of hydrogen-bond acceptors (Lipinski definition) is 4. The first-order valence-corrected chi connectivity index (χ1v) is 6.29. The minimum atomic E-state index is -0.355. The Morgan fingerprint density at radius 2 is 2.00 bits per heavy atom. The number of hydrogen-bond donors (Lipinski definition) is 2. The van der Waals surface area contributed by atoms with Crippen molar-refractivity contribution >= 4 is 11.9 Å². The molecule has 0 spiro atoms. The molecular weight excluding hydrogens is 244 g/mol. The van der Waals surface area contributed by atoms with Gasteiger partial charge in [-0.3, -0.25) is 9.59 Å². The van der Waals surface area contributed by atoms with Crippen LogP contribution < -0.4 is 11.1 Å². The van der Waals surface area contributed by atoms with Crippen LogP contribution in [-0.2, 0) is 20.9 Å². The first kappa shape index (κ1) is 15.2. The van der Waals surface area contributed by atoms with Crippen molar-refractivity contribution in [1.82, 2.24) is 5.32 Å². The van der Waals surface area contributed by atoms with Crippen molar-refractivity contribution in [1.29, 1.82) is 0 Å². The summed E-state index contributed by atoms with van der Waals surface area (Å²) < 4.78 is 5.20. The lowest BCUT2D eigenvalue weighted by Crippen LogP contribution is -2.30. The molecule has 1 unspecified atom stereocenters. The Kier molecular flexibility index (Phi) is 6.60. The van der Waals surface area contributed by atoms with Crippen molar-refractivity contribution in [2.75, 3.05) is 13.1 Å². The van der Waals surface area contributed by atoms with E-state index in [1.165, 1.54) is 0 Å². The number of nitrogens with two attached hydrogens (primary N) is 1. The highest BCUT2D eigenvalue weighted by Crippen LogP contribution is 2.04. The molecular formula is C14H20N2O3. The van der Waals surface area contributed by atoms with Gasteiger partial charge in [-0.1, -0.05) is 37.3 Å². The molecule has 0 aliphatic heterocycles. The topological polar surface area (TPSA) is 81.4 Å². The summed E-state index contributed by atoms with van der Waals surface area (Å²) in [4.78, 5) is 22.2.